The number of carbonyl (C=O) groups excluding carboxylic acids is 2. The highest BCUT2D eigenvalue weighted by Crippen LogP contribution is 2.27. The Labute approximate surface area is 196 Å². The minimum Gasteiger partial charge on any atom is -0.380 e. The number of pyridine rings is 1. The summed E-state index contributed by atoms with van der Waals surface area (Å²) in [6.07, 6.45) is -3.14. The summed E-state index contributed by atoms with van der Waals surface area (Å²) < 4.78 is 43.7. The zero-order chi connectivity index (χ0) is 24.7. The molecule has 10 heteroatoms. The topological polar surface area (TPSA) is 83.6 Å². The molecule has 2 N–H and O–H groups in total. The zero-order valence-corrected chi connectivity index (χ0v) is 19.2. The summed E-state index contributed by atoms with van der Waals surface area (Å²) in [5.74, 6) is -0.680. The van der Waals surface area contributed by atoms with Gasteiger partial charge in [0.15, 0.2) is 0 Å². The summed E-state index contributed by atoms with van der Waals surface area (Å²) in [6.45, 7) is 4.56. The van der Waals surface area contributed by atoms with Crippen molar-refractivity contribution in [2.75, 3.05) is 32.1 Å². The van der Waals surface area contributed by atoms with Gasteiger partial charge in [0.1, 0.15) is 11.4 Å². The van der Waals surface area contributed by atoms with Crippen LogP contribution in [0.15, 0.2) is 42.5 Å². The number of alkyl halides is 3. The third kappa shape index (κ3) is 7.26. The normalized spacial score (nSPS) is 16.1. The molecule has 1 aromatic heterocycles. The first kappa shape index (κ1) is 25.6. The van der Waals surface area contributed by atoms with Crippen molar-refractivity contribution in [2.24, 2.45) is 5.92 Å². The van der Waals surface area contributed by atoms with Crippen LogP contribution < -0.4 is 10.6 Å². The van der Waals surface area contributed by atoms with E-state index in [2.05, 4.69) is 20.5 Å². The predicted octanol–water partition coefficient (Wildman–Crippen LogP) is 3.72. The van der Waals surface area contributed by atoms with Gasteiger partial charge in [-0.15, -0.1) is 0 Å². The minimum absolute atomic E-state index is 0.0223. The molecule has 184 valence electrons. The smallest absolute Gasteiger partial charge is 0.380 e. The number of hydrogen-bond donors (Lipinski definition) is 2. The summed E-state index contributed by atoms with van der Waals surface area (Å²) >= 11 is 0. The zero-order valence-electron chi connectivity index (χ0n) is 19.2. The molecule has 0 bridgehead atoms. The number of halogens is 3. The Kier molecular flexibility index (Phi) is 8.62. The third-order valence-corrected chi connectivity index (χ3v) is 5.79. The molecule has 1 aromatic carbocycles. The Morgan fingerprint density at radius 3 is 2.56 bits per heavy atom. The van der Waals surface area contributed by atoms with Crippen LogP contribution in [0, 0.1) is 5.92 Å². The van der Waals surface area contributed by atoms with Crippen molar-refractivity contribution in [3.8, 4) is 0 Å². The number of anilines is 1. The highest BCUT2D eigenvalue weighted by Gasteiger charge is 2.33. The van der Waals surface area contributed by atoms with Gasteiger partial charge < -0.3 is 15.4 Å². The standard InChI is InChI=1S/C24H29F3N4O3/c1-16(34-2)14-28-22(32)18-9-11-31(12-10-18)15-17-5-3-6-19(13-17)29-23(33)20-7-4-8-21(30-20)24(25,26)27/h3-8,13,16,18H,9-12,14-15H2,1-2H3,(H,28,32)(H,29,33). The Hall–Kier alpha value is -2.98. The van der Waals surface area contributed by atoms with E-state index in [9.17, 15) is 22.8 Å². The second-order valence-corrected chi connectivity index (χ2v) is 8.40. The molecular weight excluding hydrogens is 449 g/mol. The first-order valence-electron chi connectivity index (χ1n) is 11.1. The van der Waals surface area contributed by atoms with Crippen molar-refractivity contribution < 1.29 is 27.5 Å². The maximum absolute atomic E-state index is 12.9. The van der Waals surface area contributed by atoms with Gasteiger partial charge >= 0.3 is 6.18 Å². The number of rotatable bonds is 8. The Balaban J connectivity index is 1.53. The average Bonchev–Trinajstić information content (AvgIpc) is 2.82. The summed E-state index contributed by atoms with van der Waals surface area (Å²) in [5, 5.41) is 5.54. The molecule has 1 saturated heterocycles. The lowest BCUT2D eigenvalue weighted by Crippen LogP contribution is -2.42. The molecule has 0 radical (unpaired) electrons. The monoisotopic (exact) mass is 478 g/mol. The number of nitrogens with zero attached hydrogens (tertiary/aromatic N) is 2. The number of piperidine rings is 1. The largest absolute Gasteiger partial charge is 0.433 e. The molecule has 0 spiro atoms. The van der Waals surface area contributed by atoms with E-state index in [1.807, 2.05) is 13.0 Å². The van der Waals surface area contributed by atoms with E-state index in [1.165, 1.54) is 6.07 Å². The van der Waals surface area contributed by atoms with Crippen LogP contribution in [0.1, 0.15) is 41.5 Å². The maximum Gasteiger partial charge on any atom is 0.433 e. The second kappa shape index (κ2) is 11.4. The Morgan fingerprint density at radius 1 is 1.18 bits per heavy atom. The SMILES string of the molecule is COC(C)CNC(=O)C1CCN(Cc2cccc(NC(=O)c3cccc(C(F)(F)F)n3)c2)CC1. The van der Waals surface area contributed by atoms with Gasteiger partial charge in [0.2, 0.25) is 5.91 Å². The fraction of sp³-hybridized carbons (Fsp3) is 0.458. The molecule has 3 rings (SSSR count). The molecule has 0 aliphatic carbocycles. The van der Waals surface area contributed by atoms with Gasteiger partial charge in [0, 0.05) is 31.8 Å². The fourth-order valence-corrected chi connectivity index (χ4v) is 3.75. The number of hydrogen-bond acceptors (Lipinski definition) is 5. The molecule has 1 fully saturated rings. The van der Waals surface area contributed by atoms with E-state index < -0.39 is 17.8 Å². The molecule has 0 saturated carbocycles. The van der Waals surface area contributed by atoms with Crippen molar-refractivity contribution in [3.63, 3.8) is 0 Å². The molecule has 1 aliphatic rings. The van der Waals surface area contributed by atoms with E-state index in [4.69, 9.17) is 4.74 Å². The number of ether oxygens (including phenoxy) is 1. The van der Waals surface area contributed by atoms with Crippen molar-refractivity contribution in [2.45, 2.75) is 38.6 Å². The molecule has 2 aromatic rings. The van der Waals surface area contributed by atoms with Crippen molar-refractivity contribution in [1.82, 2.24) is 15.2 Å². The van der Waals surface area contributed by atoms with Crippen LogP contribution in [0.2, 0.25) is 0 Å². The third-order valence-electron chi connectivity index (χ3n) is 5.79. The maximum atomic E-state index is 12.9. The van der Waals surface area contributed by atoms with Crippen molar-refractivity contribution in [3.05, 3.63) is 59.4 Å². The molecule has 1 aliphatic heterocycles. The van der Waals surface area contributed by atoms with Gasteiger partial charge in [-0.2, -0.15) is 13.2 Å². The molecular formula is C24H29F3N4O3. The summed E-state index contributed by atoms with van der Waals surface area (Å²) in [4.78, 5) is 30.4. The lowest BCUT2D eigenvalue weighted by molar-refractivity contribution is -0.141. The van der Waals surface area contributed by atoms with Crippen LogP contribution in [0.4, 0.5) is 18.9 Å². The van der Waals surface area contributed by atoms with Crippen LogP contribution in [0.25, 0.3) is 0 Å². The molecule has 1 atom stereocenters. The van der Waals surface area contributed by atoms with Crippen LogP contribution in [0.5, 0.6) is 0 Å². The lowest BCUT2D eigenvalue weighted by atomic mass is 9.95. The Morgan fingerprint density at radius 2 is 1.88 bits per heavy atom. The van der Waals surface area contributed by atoms with Crippen LogP contribution in [-0.4, -0.2) is 54.5 Å². The summed E-state index contributed by atoms with van der Waals surface area (Å²) in [5.41, 5.74) is 0.00882. The van der Waals surface area contributed by atoms with Gasteiger partial charge in [0.05, 0.1) is 6.10 Å². The van der Waals surface area contributed by atoms with Gasteiger partial charge in [-0.05, 0) is 62.7 Å². The van der Waals surface area contributed by atoms with E-state index in [1.54, 1.807) is 25.3 Å². The number of methoxy groups -OCH3 is 1. The van der Waals surface area contributed by atoms with E-state index >= 15 is 0 Å². The number of aromatic nitrogens is 1. The van der Waals surface area contributed by atoms with E-state index in [0.29, 0.717) is 18.8 Å². The molecule has 2 heterocycles. The number of amides is 2. The van der Waals surface area contributed by atoms with Crippen LogP contribution in [-0.2, 0) is 22.3 Å². The number of nitrogens with one attached hydrogen (secondary N) is 2. The first-order valence-corrected chi connectivity index (χ1v) is 11.1. The molecule has 34 heavy (non-hydrogen) atoms. The molecule has 1 unspecified atom stereocenters. The van der Waals surface area contributed by atoms with Gasteiger partial charge in [-0.25, -0.2) is 4.98 Å². The first-order chi connectivity index (χ1) is 16.2. The highest BCUT2D eigenvalue weighted by atomic mass is 19.4. The summed E-state index contributed by atoms with van der Waals surface area (Å²) in [6, 6.07) is 10.4. The quantitative estimate of drug-likeness (QED) is 0.604. The minimum atomic E-state index is -4.62. The van der Waals surface area contributed by atoms with Crippen molar-refractivity contribution in [1.29, 1.82) is 0 Å². The predicted molar refractivity (Wildman–Crippen MR) is 121 cm³/mol. The fourth-order valence-electron chi connectivity index (χ4n) is 3.75. The number of likely N-dealkylation sites (tertiary alicyclic amines) is 1. The van der Waals surface area contributed by atoms with E-state index in [-0.39, 0.29) is 23.6 Å². The van der Waals surface area contributed by atoms with Crippen molar-refractivity contribution >= 4 is 17.5 Å². The molecule has 7 nitrogen and oxygen atoms in total. The highest BCUT2D eigenvalue weighted by molar-refractivity contribution is 6.02. The van der Waals surface area contributed by atoms with Gasteiger partial charge in [-0.1, -0.05) is 18.2 Å². The summed E-state index contributed by atoms with van der Waals surface area (Å²) in [7, 11) is 1.61. The van der Waals surface area contributed by atoms with Gasteiger partial charge in [-0.3, -0.25) is 14.5 Å². The second-order valence-electron chi connectivity index (χ2n) is 8.40. The van der Waals surface area contributed by atoms with Gasteiger partial charge in [0.25, 0.3) is 5.91 Å². The molecule has 2 amide bonds. The number of carbonyl (C=O) groups is 2. The average molecular weight is 479 g/mol. The lowest BCUT2D eigenvalue weighted by Gasteiger charge is -2.31. The Bertz CT molecular complexity index is 991. The van der Waals surface area contributed by atoms with E-state index in [0.717, 1.165) is 43.6 Å². The van der Waals surface area contributed by atoms with Crippen LogP contribution >= 0.6 is 0 Å². The van der Waals surface area contributed by atoms with Crippen LogP contribution in [0.3, 0.4) is 0 Å². The number of benzene rings is 1.